The van der Waals surface area contributed by atoms with Crippen molar-refractivity contribution >= 4 is 8.41 Å². The molecule has 0 aromatic heterocycles. The number of ether oxygens (including phenoxy) is 1. The zero-order chi connectivity index (χ0) is 14.0. The Kier molecular flexibility index (Phi) is 9.29. The van der Waals surface area contributed by atoms with Crippen LogP contribution >= 0.6 is 0 Å². The standard InChI is InChI=1S/C15H29FOSi/c1-6-9-10-13-15(18(4,5)16)17-14(11-7-2)12-8-3/h7-8,12,14-15H,2,6,9-11,13H2,1,3-5H3/b12-8+/t14-,15+/m1/s1. The zero-order valence-corrected chi connectivity index (χ0v) is 13.4. The van der Waals surface area contributed by atoms with Crippen LogP contribution in [0.5, 0.6) is 0 Å². The summed E-state index contributed by atoms with van der Waals surface area (Å²) in [5.41, 5.74) is -0.204. The van der Waals surface area contributed by atoms with E-state index < -0.39 is 8.41 Å². The zero-order valence-electron chi connectivity index (χ0n) is 12.4. The van der Waals surface area contributed by atoms with Crippen LogP contribution < -0.4 is 0 Å². The molecule has 0 bridgehead atoms. The molecule has 3 heteroatoms. The van der Waals surface area contributed by atoms with Gasteiger partial charge in [-0.15, -0.1) is 6.58 Å². The smallest absolute Gasteiger partial charge is 0.269 e. The van der Waals surface area contributed by atoms with Crippen molar-refractivity contribution in [3.8, 4) is 0 Å². The van der Waals surface area contributed by atoms with Gasteiger partial charge in [-0.3, -0.25) is 0 Å². The van der Waals surface area contributed by atoms with Gasteiger partial charge in [0.25, 0.3) is 8.41 Å². The third kappa shape index (κ3) is 7.83. The van der Waals surface area contributed by atoms with Gasteiger partial charge in [0.05, 0.1) is 11.8 Å². The molecule has 0 fully saturated rings. The van der Waals surface area contributed by atoms with Gasteiger partial charge >= 0.3 is 0 Å². The van der Waals surface area contributed by atoms with E-state index in [0.29, 0.717) is 0 Å². The summed E-state index contributed by atoms with van der Waals surface area (Å²) in [5.74, 6) is 0. The molecule has 0 radical (unpaired) electrons. The normalized spacial score (nSPS) is 15.8. The predicted octanol–water partition coefficient (Wildman–Crippen LogP) is 5.19. The highest BCUT2D eigenvalue weighted by Gasteiger charge is 2.34. The molecule has 2 atom stereocenters. The predicted molar refractivity (Wildman–Crippen MR) is 81.0 cm³/mol. The molecule has 0 amide bonds. The second-order valence-corrected chi connectivity index (χ2v) is 9.05. The van der Waals surface area contributed by atoms with E-state index >= 15 is 0 Å². The van der Waals surface area contributed by atoms with E-state index in [4.69, 9.17) is 4.74 Å². The van der Waals surface area contributed by atoms with Gasteiger partial charge in [-0.2, -0.15) is 0 Å². The van der Waals surface area contributed by atoms with Crippen LogP contribution in [0.15, 0.2) is 24.8 Å². The monoisotopic (exact) mass is 272 g/mol. The van der Waals surface area contributed by atoms with Gasteiger partial charge < -0.3 is 8.84 Å². The molecule has 0 aliphatic heterocycles. The Balaban J connectivity index is 4.49. The van der Waals surface area contributed by atoms with E-state index in [1.54, 1.807) is 13.1 Å². The SMILES string of the molecule is C=CC[C@H](/C=C/C)O[C@H](CCCCC)[Si](C)(C)F. The molecule has 0 aliphatic carbocycles. The van der Waals surface area contributed by atoms with Crippen LogP contribution in [0.3, 0.4) is 0 Å². The van der Waals surface area contributed by atoms with Crippen molar-refractivity contribution in [3.05, 3.63) is 24.8 Å². The van der Waals surface area contributed by atoms with Crippen molar-refractivity contribution in [3.63, 3.8) is 0 Å². The lowest BCUT2D eigenvalue weighted by molar-refractivity contribution is 0.0453. The van der Waals surface area contributed by atoms with Crippen molar-refractivity contribution in [2.24, 2.45) is 0 Å². The Bertz CT molecular complexity index is 245. The van der Waals surface area contributed by atoms with E-state index in [1.807, 2.05) is 25.2 Å². The van der Waals surface area contributed by atoms with Crippen molar-refractivity contribution in [1.82, 2.24) is 0 Å². The van der Waals surface area contributed by atoms with Gasteiger partial charge in [0.1, 0.15) is 0 Å². The van der Waals surface area contributed by atoms with Crippen LogP contribution in [0, 0.1) is 0 Å². The van der Waals surface area contributed by atoms with Gasteiger partial charge in [0.2, 0.25) is 0 Å². The summed E-state index contributed by atoms with van der Waals surface area (Å²) in [4.78, 5) is 0. The number of halogens is 1. The molecule has 0 saturated heterocycles. The van der Waals surface area contributed by atoms with E-state index in [9.17, 15) is 4.11 Å². The number of rotatable bonds is 10. The van der Waals surface area contributed by atoms with Gasteiger partial charge in [-0.1, -0.05) is 44.4 Å². The lowest BCUT2D eigenvalue weighted by Crippen LogP contribution is -2.41. The number of allylic oxidation sites excluding steroid dienone is 1. The number of unbranched alkanes of at least 4 members (excludes halogenated alkanes) is 2. The molecule has 0 spiro atoms. The summed E-state index contributed by atoms with van der Waals surface area (Å²) in [6.45, 7) is 11.3. The molecular weight excluding hydrogens is 243 g/mol. The first-order valence-corrected chi connectivity index (χ1v) is 9.99. The summed E-state index contributed by atoms with van der Waals surface area (Å²) in [6.07, 6.45) is 10.7. The number of hydrogen-bond donors (Lipinski definition) is 0. The first kappa shape index (κ1) is 17.6. The van der Waals surface area contributed by atoms with Crippen molar-refractivity contribution in [1.29, 1.82) is 0 Å². The molecule has 0 saturated carbocycles. The average Bonchev–Trinajstić information content (AvgIpc) is 2.27. The van der Waals surface area contributed by atoms with Gasteiger partial charge in [0, 0.05) is 0 Å². The van der Waals surface area contributed by atoms with Gasteiger partial charge in [-0.05, 0) is 32.9 Å². The Morgan fingerprint density at radius 1 is 1.33 bits per heavy atom. The maximum absolute atomic E-state index is 14.3. The lowest BCUT2D eigenvalue weighted by atomic mass is 10.2. The van der Waals surface area contributed by atoms with Crippen LogP contribution in [-0.2, 0) is 4.74 Å². The molecule has 0 N–H and O–H groups in total. The minimum atomic E-state index is -2.75. The first-order valence-electron chi connectivity index (χ1n) is 7.03. The summed E-state index contributed by atoms with van der Waals surface area (Å²) in [6, 6.07) is 0. The fourth-order valence-electron chi connectivity index (χ4n) is 1.92. The van der Waals surface area contributed by atoms with Crippen LogP contribution in [0.4, 0.5) is 4.11 Å². The minimum Gasteiger partial charge on any atom is -0.371 e. The van der Waals surface area contributed by atoms with Crippen LogP contribution in [0.2, 0.25) is 13.1 Å². The molecule has 0 heterocycles. The maximum Gasteiger partial charge on any atom is 0.269 e. The minimum absolute atomic E-state index is 0.0262. The highest BCUT2D eigenvalue weighted by molar-refractivity contribution is 6.71. The van der Waals surface area contributed by atoms with E-state index in [2.05, 4.69) is 13.5 Å². The Morgan fingerprint density at radius 2 is 2.00 bits per heavy atom. The Labute approximate surface area is 113 Å². The maximum atomic E-state index is 14.3. The van der Waals surface area contributed by atoms with Crippen LogP contribution in [-0.4, -0.2) is 20.2 Å². The van der Waals surface area contributed by atoms with E-state index in [-0.39, 0.29) is 11.8 Å². The van der Waals surface area contributed by atoms with Crippen molar-refractivity contribution < 1.29 is 8.84 Å². The van der Waals surface area contributed by atoms with Crippen LogP contribution in [0.25, 0.3) is 0 Å². The number of hydrogen-bond acceptors (Lipinski definition) is 1. The molecule has 0 aromatic rings. The highest BCUT2D eigenvalue weighted by Crippen LogP contribution is 2.22. The molecule has 0 aliphatic rings. The van der Waals surface area contributed by atoms with Gasteiger partial charge in [-0.25, -0.2) is 0 Å². The Hall–Kier alpha value is -0.413. The molecule has 0 unspecified atom stereocenters. The lowest BCUT2D eigenvalue weighted by Gasteiger charge is -2.28. The van der Waals surface area contributed by atoms with E-state index in [1.165, 1.54) is 0 Å². The third-order valence-corrected chi connectivity index (χ3v) is 4.94. The summed E-state index contributed by atoms with van der Waals surface area (Å²) < 4.78 is 20.3. The second kappa shape index (κ2) is 9.51. The quantitative estimate of drug-likeness (QED) is 0.230. The summed E-state index contributed by atoms with van der Waals surface area (Å²) in [5, 5.41) is 0. The molecule has 0 rings (SSSR count). The highest BCUT2D eigenvalue weighted by atomic mass is 28.4. The topological polar surface area (TPSA) is 9.23 Å². The first-order chi connectivity index (χ1) is 8.45. The molecule has 0 aromatic carbocycles. The van der Waals surface area contributed by atoms with Crippen molar-refractivity contribution in [2.45, 2.75) is 70.9 Å². The third-order valence-electron chi connectivity index (χ3n) is 2.98. The fraction of sp³-hybridized carbons (Fsp3) is 0.733. The van der Waals surface area contributed by atoms with E-state index in [0.717, 1.165) is 32.1 Å². The average molecular weight is 272 g/mol. The Morgan fingerprint density at radius 3 is 2.44 bits per heavy atom. The second-order valence-electron chi connectivity index (χ2n) is 5.27. The molecule has 106 valence electrons. The fourth-order valence-corrected chi connectivity index (χ4v) is 3.31. The summed E-state index contributed by atoms with van der Waals surface area (Å²) >= 11 is 0. The molecule has 18 heavy (non-hydrogen) atoms. The van der Waals surface area contributed by atoms with Crippen LogP contribution in [0.1, 0.15) is 46.0 Å². The molecule has 1 nitrogen and oxygen atoms in total. The molecular formula is C15H29FOSi. The summed E-state index contributed by atoms with van der Waals surface area (Å²) in [7, 11) is -2.75. The van der Waals surface area contributed by atoms with Gasteiger partial charge in [0.15, 0.2) is 0 Å². The largest absolute Gasteiger partial charge is 0.371 e. The van der Waals surface area contributed by atoms with Crippen molar-refractivity contribution in [2.75, 3.05) is 0 Å².